The SMILES string of the molecule is CCCCCCCCCCCCCCCCC/C=C/C(O)C(CO)NC(=O)CCCCC/C=C\CCCCCCCCOC(=O)CCCCCCCCCCCCCCC. The first kappa shape index (κ1) is 58.3. The fourth-order valence-electron chi connectivity index (χ4n) is 8.10. The van der Waals surface area contributed by atoms with Crippen LogP contribution in [-0.2, 0) is 14.3 Å². The van der Waals surface area contributed by atoms with E-state index >= 15 is 0 Å². The van der Waals surface area contributed by atoms with Crippen LogP contribution in [0.15, 0.2) is 24.3 Å². The summed E-state index contributed by atoms with van der Waals surface area (Å²) >= 11 is 0. The van der Waals surface area contributed by atoms with Gasteiger partial charge in [0.05, 0.1) is 25.4 Å². The number of unbranched alkanes of at least 4 members (excludes halogenated alkanes) is 36. The summed E-state index contributed by atoms with van der Waals surface area (Å²) in [6.07, 6.45) is 58.9. The molecular weight excluding hydrogens is 743 g/mol. The second-order valence-corrected chi connectivity index (χ2v) is 18.2. The summed E-state index contributed by atoms with van der Waals surface area (Å²) in [5.74, 6) is -0.109. The molecule has 0 aromatic rings. The van der Waals surface area contributed by atoms with Gasteiger partial charge in [-0.05, 0) is 57.8 Å². The van der Waals surface area contributed by atoms with Gasteiger partial charge in [0, 0.05) is 12.8 Å². The molecule has 0 spiro atoms. The highest BCUT2D eigenvalue weighted by Gasteiger charge is 2.18. The standard InChI is InChI=1S/C54H103NO5/c1-3-5-7-9-11-13-15-17-18-19-20-23-26-30-34-38-42-46-52(57)51(50-56)55-53(58)47-43-39-35-31-27-24-21-25-29-33-37-41-45-49-60-54(59)48-44-40-36-32-28-22-16-14-12-10-8-6-4-2/h24,27,42,46,51-52,56-57H,3-23,25-26,28-41,43-45,47-50H2,1-2H3,(H,55,58)/b27-24-,46-42+. The van der Waals surface area contributed by atoms with Crippen LogP contribution in [0.5, 0.6) is 0 Å². The van der Waals surface area contributed by atoms with Gasteiger partial charge in [-0.25, -0.2) is 0 Å². The molecule has 0 radical (unpaired) electrons. The molecule has 0 aliphatic heterocycles. The number of nitrogens with one attached hydrogen (secondary N) is 1. The Morgan fingerprint density at radius 2 is 0.783 bits per heavy atom. The predicted octanol–water partition coefficient (Wildman–Crippen LogP) is 15.9. The van der Waals surface area contributed by atoms with Crippen molar-refractivity contribution in [3.05, 3.63) is 24.3 Å². The van der Waals surface area contributed by atoms with Crippen LogP contribution in [0.2, 0.25) is 0 Å². The molecular formula is C54H103NO5. The first-order chi connectivity index (χ1) is 29.5. The highest BCUT2D eigenvalue weighted by Crippen LogP contribution is 2.16. The second kappa shape index (κ2) is 50.0. The number of amides is 1. The van der Waals surface area contributed by atoms with Gasteiger partial charge in [-0.1, -0.05) is 237 Å². The van der Waals surface area contributed by atoms with Gasteiger partial charge in [0.25, 0.3) is 0 Å². The molecule has 3 N–H and O–H groups in total. The minimum Gasteiger partial charge on any atom is -0.466 e. The van der Waals surface area contributed by atoms with E-state index in [-0.39, 0.29) is 18.5 Å². The van der Waals surface area contributed by atoms with Crippen molar-refractivity contribution in [3.8, 4) is 0 Å². The number of rotatable bonds is 49. The third kappa shape index (κ3) is 45.9. The Morgan fingerprint density at radius 1 is 0.450 bits per heavy atom. The van der Waals surface area contributed by atoms with Gasteiger partial charge in [0.1, 0.15) is 0 Å². The molecule has 0 aliphatic rings. The smallest absolute Gasteiger partial charge is 0.305 e. The van der Waals surface area contributed by atoms with Crippen molar-refractivity contribution in [3.63, 3.8) is 0 Å². The van der Waals surface area contributed by atoms with Crippen molar-refractivity contribution in [1.82, 2.24) is 5.32 Å². The Bertz CT molecular complexity index is 935. The molecule has 60 heavy (non-hydrogen) atoms. The Morgan fingerprint density at radius 3 is 1.20 bits per heavy atom. The van der Waals surface area contributed by atoms with E-state index in [0.29, 0.717) is 19.4 Å². The van der Waals surface area contributed by atoms with E-state index < -0.39 is 12.1 Å². The maximum Gasteiger partial charge on any atom is 0.305 e. The summed E-state index contributed by atoms with van der Waals surface area (Å²) in [5.41, 5.74) is 0. The van der Waals surface area contributed by atoms with Crippen LogP contribution in [0.4, 0.5) is 0 Å². The summed E-state index contributed by atoms with van der Waals surface area (Å²) in [4.78, 5) is 24.4. The van der Waals surface area contributed by atoms with Gasteiger partial charge < -0.3 is 20.3 Å². The summed E-state index contributed by atoms with van der Waals surface area (Å²) in [5, 5.41) is 23.1. The van der Waals surface area contributed by atoms with Crippen LogP contribution in [0.1, 0.15) is 284 Å². The number of hydrogen-bond acceptors (Lipinski definition) is 5. The summed E-state index contributed by atoms with van der Waals surface area (Å²) in [6, 6.07) is -0.647. The number of hydrogen-bond donors (Lipinski definition) is 3. The summed E-state index contributed by atoms with van der Waals surface area (Å²) < 4.78 is 5.45. The fraction of sp³-hybridized carbons (Fsp3) is 0.889. The Balaban J connectivity index is 3.53. The minimum absolute atomic E-state index is 0.0125. The molecule has 0 saturated carbocycles. The molecule has 354 valence electrons. The number of aliphatic hydroxyl groups excluding tert-OH is 2. The summed E-state index contributed by atoms with van der Waals surface area (Å²) in [6.45, 7) is 4.87. The van der Waals surface area contributed by atoms with Crippen LogP contribution < -0.4 is 5.32 Å². The van der Waals surface area contributed by atoms with Crippen LogP contribution in [0.25, 0.3) is 0 Å². The van der Waals surface area contributed by atoms with Crippen molar-refractivity contribution in [2.24, 2.45) is 0 Å². The van der Waals surface area contributed by atoms with Crippen molar-refractivity contribution >= 4 is 11.9 Å². The van der Waals surface area contributed by atoms with Crippen molar-refractivity contribution in [2.75, 3.05) is 13.2 Å². The lowest BCUT2D eigenvalue weighted by Crippen LogP contribution is -2.45. The largest absolute Gasteiger partial charge is 0.466 e. The van der Waals surface area contributed by atoms with E-state index in [4.69, 9.17) is 4.74 Å². The van der Waals surface area contributed by atoms with Gasteiger partial charge in [-0.3, -0.25) is 9.59 Å². The van der Waals surface area contributed by atoms with Crippen LogP contribution in [0.3, 0.4) is 0 Å². The fourth-order valence-corrected chi connectivity index (χ4v) is 8.10. The second-order valence-electron chi connectivity index (χ2n) is 18.2. The van der Waals surface area contributed by atoms with Crippen LogP contribution in [-0.4, -0.2) is 47.4 Å². The zero-order chi connectivity index (χ0) is 43.7. The molecule has 0 saturated heterocycles. The molecule has 6 nitrogen and oxygen atoms in total. The Kier molecular flexibility index (Phi) is 48.6. The van der Waals surface area contributed by atoms with E-state index in [2.05, 4.69) is 31.3 Å². The van der Waals surface area contributed by atoms with Gasteiger partial charge >= 0.3 is 5.97 Å². The molecule has 0 fully saturated rings. The number of esters is 1. The maximum absolute atomic E-state index is 12.4. The van der Waals surface area contributed by atoms with Gasteiger partial charge in [-0.2, -0.15) is 0 Å². The van der Waals surface area contributed by atoms with E-state index in [1.54, 1.807) is 6.08 Å². The highest BCUT2D eigenvalue weighted by atomic mass is 16.5. The molecule has 1 amide bonds. The molecule has 2 unspecified atom stereocenters. The number of carbonyl (C=O) groups excluding carboxylic acids is 2. The number of aliphatic hydroxyl groups is 2. The first-order valence-corrected chi connectivity index (χ1v) is 26.6. The number of allylic oxidation sites excluding steroid dienone is 3. The van der Waals surface area contributed by atoms with Crippen LogP contribution >= 0.6 is 0 Å². The lowest BCUT2D eigenvalue weighted by molar-refractivity contribution is -0.143. The third-order valence-electron chi connectivity index (χ3n) is 12.2. The molecule has 6 heteroatoms. The number of ether oxygens (including phenoxy) is 1. The zero-order valence-corrected chi connectivity index (χ0v) is 40.2. The van der Waals surface area contributed by atoms with Crippen molar-refractivity contribution < 1.29 is 24.5 Å². The minimum atomic E-state index is -0.861. The van der Waals surface area contributed by atoms with Gasteiger partial charge in [-0.15, -0.1) is 0 Å². The molecule has 0 bridgehead atoms. The number of carbonyl (C=O) groups is 2. The third-order valence-corrected chi connectivity index (χ3v) is 12.2. The average molecular weight is 846 g/mol. The molecule has 0 aromatic heterocycles. The monoisotopic (exact) mass is 846 g/mol. The summed E-state index contributed by atoms with van der Waals surface area (Å²) in [7, 11) is 0. The molecule has 0 rings (SSSR count). The first-order valence-electron chi connectivity index (χ1n) is 26.6. The zero-order valence-electron chi connectivity index (χ0n) is 40.2. The molecule has 0 aromatic carbocycles. The highest BCUT2D eigenvalue weighted by molar-refractivity contribution is 5.76. The van der Waals surface area contributed by atoms with E-state index in [9.17, 15) is 19.8 Å². The Labute approximate surface area is 373 Å². The van der Waals surface area contributed by atoms with Gasteiger partial charge in [0.15, 0.2) is 0 Å². The molecule has 2 atom stereocenters. The normalized spacial score (nSPS) is 12.8. The van der Waals surface area contributed by atoms with Crippen molar-refractivity contribution in [2.45, 2.75) is 296 Å². The van der Waals surface area contributed by atoms with E-state index in [1.165, 1.54) is 186 Å². The van der Waals surface area contributed by atoms with E-state index in [0.717, 1.165) is 70.6 Å². The Hall–Kier alpha value is -1.66. The topological polar surface area (TPSA) is 95.9 Å². The van der Waals surface area contributed by atoms with Crippen molar-refractivity contribution in [1.29, 1.82) is 0 Å². The van der Waals surface area contributed by atoms with Gasteiger partial charge in [0.2, 0.25) is 5.91 Å². The quantitative estimate of drug-likeness (QED) is 0.0322. The van der Waals surface area contributed by atoms with Crippen LogP contribution in [0, 0.1) is 0 Å². The molecule has 0 aliphatic carbocycles. The lowest BCUT2D eigenvalue weighted by Gasteiger charge is -2.19. The molecule has 0 heterocycles. The average Bonchev–Trinajstić information content (AvgIpc) is 3.25. The predicted molar refractivity (Wildman–Crippen MR) is 260 cm³/mol. The lowest BCUT2D eigenvalue weighted by atomic mass is 10.0. The maximum atomic E-state index is 12.4. The van der Waals surface area contributed by atoms with E-state index in [1.807, 2.05) is 6.08 Å².